The van der Waals surface area contributed by atoms with E-state index in [1.807, 2.05) is 12.1 Å². The number of likely N-dealkylation sites (tertiary alicyclic amines) is 2. The molecule has 0 bridgehead atoms. The summed E-state index contributed by atoms with van der Waals surface area (Å²) in [6.45, 7) is 8.05. The van der Waals surface area contributed by atoms with Crippen LogP contribution in [0.5, 0.6) is 0 Å². The van der Waals surface area contributed by atoms with E-state index in [-0.39, 0.29) is 5.91 Å². The number of aromatic amines is 2. The highest BCUT2D eigenvalue weighted by atomic mass is 16.2. The zero-order valence-electron chi connectivity index (χ0n) is 23.9. The highest BCUT2D eigenvalue weighted by molar-refractivity contribution is 5.94. The molecule has 2 N–H and O–H groups in total. The molecule has 3 aromatic rings. The van der Waals surface area contributed by atoms with Gasteiger partial charge in [0.25, 0.3) is 5.91 Å². The maximum atomic E-state index is 13.4. The van der Waals surface area contributed by atoms with E-state index in [1.165, 1.54) is 96.1 Å². The van der Waals surface area contributed by atoms with Crippen LogP contribution >= 0.6 is 0 Å². The topological polar surface area (TPSA) is 84.2 Å². The number of hydrogen-bond donors (Lipinski definition) is 2. The zero-order chi connectivity index (χ0) is 27.2. The van der Waals surface area contributed by atoms with Crippen molar-refractivity contribution in [3.8, 4) is 0 Å². The number of carbonyl (C=O) groups is 1. The number of imidazole rings is 2. The summed E-state index contributed by atoms with van der Waals surface area (Å²) < 4.78 is 0. The van der Waals surface area contributed by atoms with Gasteiger partial charge in [0.05, 0.1) is 13.1 Å². The van der Waals surface area contributed by atoms with Gasteiger partial charge in [-0.05, 0) is 80.9 Å². The summed E-state index contributed by atoms with van der Waals surface area (Å²) in [5.41, 5.74) is 2.48. The Morgan fingerprint density at radius 3 is 2.10 bits per heavy atom. The van der Waals surface area contributed by atoms with Gasteiger partial charge in [0.2, 0.25) is 0 Å². The fraction of sp³-hybridized carbons (Fsp3) is 0.594. The van der Waals surface area contributed by atoms with Crippen molar-refractivity contribution < 1.29 is 4.79 Å². The Balaban J connectivity index is 0.993. The second kappa shape index (κ2) is 12.7. The van der Waals surface area contributed by atoms with E-state index in [0.29, 0.717) is 24.1 Å². The first kappa shape index (κ1) is 27.2. The maximum Gasteiger partial charge on any atom is 0.254 e. The van der Waals surface area contributed by atoms with E-state index in [9.17, 15) is 4.79 Å². The second-order valence-corrected chi connectivity index (χ2v) is 12.5. The van der Waals surface area contributed by atoms with Crippen LogP contribution in [-0.4, -0.2) is 73.3 Å². The lowest BCUT2D eigenvalue weighted by molar-refractivity contribution is 0.0721. The summed E-state index contributed by atoms with van der Waals surface area (Å²) in [5, 5.41) is 0. The number of benzene rings is 1. The smallest absolute Gasteiger partial charge is 0.254 e. The average molecular weight is 544 g/mol. The minimum atomic E-state index is -0.0188. The monoisotopic (exact) mass is 543 g/mol. The van der Waals surface area contributed by atoms with Crippen molar-refractivity contribution in [2.75, 3.05) is 32.7 Å². The Morgan fingerprint density at radius 2 is 1.50 bits per heavy atom. The van der Waals surface area contributed by atoms with Crippen LogP contribution in [0, 0.1) is 11.3 Å². The average Bonchev–Trinajstić information content (AvgIpc) is 3.77. The third-order valence-electron chi connectivity index (χ3n) is 9.70. The van der Waals surface area contributed by atoms with Crippen LogP contribution in [0.4, 0.5) is 0 Å². The largest absolute Gasteiger partial charge is 0.347 e. The second-order valence-electron chi connectivity index (χ2n) is 12.5. The van der Waals surface area contributed by atoms with E-state index < -0.39 is 0 Å². The molecule has 2 saturated heterocycles. The lowest BCUT2D eigenvalue weighted by atomic mass is 9.77. The molecule has 1 saturated carbocycles. The molecule has 0 atom stereocenters. The van der Waals surface area contributed by atoms with E-state index >= 15 is 0 Å². The molecule has 2 aromatic heterocycles. The minimum absolute atomic E-state index is 0.0188. The summed E-state index contributed by atoms with van der Waals surface area (Å²) in [6, 6.07) is 8.21. The molecule has 214 valence electrons. The number of aromatic nitrogens is 4. The summed E-state index contributed by atoms with van der Waals surface area (Å²) in [4.78, 5) is 35.4. The van der Waals surface area contributed by atoms with Gasteiger partial charge in [-0.2, -0.15) is 0 Å². The van der Waals surface area contributed by atoms with Gasteiger partial charge in [-0.1, -0.05) is 44.2 Å². The Labute approximate surface area is 238 Å². The standard InChI is InChI=1S/C32H45N7O/c40-31(39(23-29-33-14-15-34-29)24-30-35-16-17-36-30)28-8-6-27(7-9-28)22-38-21-13-32(25-38)11-19-37(20-12-32)18-10-26-4-2-1-3-5-26/h6-9,14-17,26H,1-5,10-13,18-25H2,(H,33,34)(H,35,36). The van der Waals surface area contributed by atoms with Gasteiger partial charge in [0, 0.05) is 43.4 Å². The minimum Gasteiger partial charge on any atom is -0.347 e. The molecular formula is C32H45N7O. The molecule has 3 fully saturated rings. The van der Waals surface area contributed by atoms with Crippen molar-refractivity contribution in [2.45, 2.75) is 77.4 Å². The molecule has 8 heteroatoms. The maximum absolute atomic E-state index is 13.4. The molecule has 2 aliphatic heterocycles. The fourth-order valence-corrected chi connectivity index (χ4v) is 7.19. The molecule has 1 aromatic carbocycles. The van der Waals surface area contributed by atoms with Gasteiger partial charge in [-0.15, -0.1) is 0 Å². The van der Waals surface area contributed by atoms with Crippen molar-refractivity contribution in [2.24, 2.45) is 11.3 Å². The molecular weight excluding hydrogens is 498 g/mol. The molecule has 6 rings (SSSR count). The van der Waals surface area contributed by atoms with Crippen molar-refractivity contribution in [1.29, 1.82) is 0 Å². The molecule has 4 heterocycles. The number of hydrogen-bond acceptors (Lipinski definition) is 5. The first-order valence-corrected chi connectivity index (χ1v) is 15.4. The number of nitrogens with one attached hydrogen (secondary N) is 2. The van der Waals surface area contributed by atoms with E-state index in [1.54, 1.807) is 29.7 Å². The summed E-state index contributed by atoms with van der Waals surface area (Å²) >= 11 is 0. The molecule has 0 unspecified atom stereocenters. The van der Waals surface area contributed by atoms with Crippen molar-refractivity contribution in [1.82, 2.24) is 34.6 Å². The lowest BCUT2D eigenvalue weighted by Crippen LogP contribution is -2.42. The van der Waals surface area contributed by atoms with Crippen molar-refractivity contribution >= 4 is 5.91 Å². The van der Waals surface area contributed by atoms with Crippen LogP contribution in [0.25, 0.3) is 0 Å². The molecule has 0 radical (unpaired) electrons. The van der Waals surface area contributed by atoms with Gasteiger partial charge >= 0.3 is 0 Å². The highest BCUT2D eigenvalue weighted by Gasteiger charge is 2.40. The first-order chi connectivity index (χ1) is 19.6. The van der Waals surface area contributed by atoms with Crippen LogP contribution in [0.3, 0.4) is 0 Å². The zero-order valence-corrected chi connectivity index (χ0v) is 23.9. The van der Waals surface area contributed by atoms with Gasteiger partial charge in [-0.3, -0.25) is 9.69 Å². The molecule has 1 amide bonds. The van der Waals surface area contributed by atoms with Gasteiger partial charge in [-0.25, -0.2) is 9.97 Å². The quantitative estimate of drug-likeness (QED) is 0.366. The van der Waals surface area contributed by atoms with E-state index in [2.05, 4.69) is 41.9 Å². The number of carbonyl (C=O) groups excluding carboxylic acids is 1. The van der Waals surface area contributed by atoms with Crippen LogP contribution in [0.1, 0.15) is 85.4 Å². The third kappa shape index (κ3) is 6.84. The number of H-pyrrole nitrogens is 2. The normalized spacial score (nSPS) is 20.3. The third-order valence-corrected chi connectivity index (χ3v) is 9.70. The van der Waals surface area contributed by atoms with Crippen LogP contribution in [-0.2, 0) is 19.6 Å². The Morgan fingerprint density at radius 1 is 0.875 bits per heavy atom. The van der Waals surface area contributed by atoms with E-state index in [0.717, 1.165) is 24.1 Å². The Bertz CT molecular complexity index is 1140. The molecule has 8 nitrogen and oxygen atoms in total. The first-order valence-electron chi connectivity index (χ1n) is 15.4. The Kier molecular flexibility index (Phi) is 8.63. The summed E-state index contributed by atoms with van der Waals surface area (Å²) in [5.74, 6) is 2.49. The van der Waals surface area contributed by atoms with Gasteiger partial charge in [0.1, 0.15) is 11.6 Å². The summed E-state index contributed by atoms with van der Waals surface area (Å²) in [7, 11) is 0. The molecule has 1 spiro atoms. The number of nitrogens with zero attached hydrogens (tertiary/aromatic N) is 5. The van der Waals surface area contributed by atoms with Crippen LogP contribution in [0.2, 0.25) is 0 Å². The van der Waals surface area contributed by atoms with Crippen molar-refractivity contribution in [3.63, 3.8) is 0 Å². The van der Waals surface area contributed by atoms with Gasteiger partial charge in [0.15, 0.2) is 0 Å². The number of rotatable bonds is 10. The summed E-state index contributed by atoms with van der Waals surface area (Å²) in [6.07, 6.45) is 19.7. The fourth-order valence-electron chi connectivity index (χ4n) is 7.19. The molecule has 1 aliphatic carbocycles. The lowest BCUT2D eigenvalue weighted by Gasteiger charge is -2.40. The predicted octanol–water partition coefficient (Wildman–Crippen LogP) is 5.23. The molecule has 40 heavy (non-hydrogen) atoms. The SMILES string of the molecule is O=C(c1ccc(CN2CCC3(CCN(CCC4CCCCC4)CC3)C2)cc1)N(Cc1ncc[nH]1)Cc1ncc[nH]1. The van der Waals surface area contributed by atoms with Crippen molar-refractivity contribution in [3.05, 3.63) is 71.8 Å². The highest BCUT2D eigenvalue weighted by Crippen LogP contribution is 2.41. The van der Waals surface area contributed by atoms with E-state index in [4.69, 9.17) is 0 Å². The van der Waals surface area contributed by atoms with Gasteiger partial charge < -0.3 is 19.8 Å². The van der Waals surface area contributed by atoms with Crippen LogP contribution in [0.15, 0.2) is 49.1 Å². The predicted molar refractivity (Wildman–Crippen MR) is 156 cm³/mol. The van der Waals surface area contributed by atoms with Crippen LogP contribution < -0.4 is 0 Å². The number of piperidine rings is 1. The Hall–Kier alpha value is -2.97. The number of amides is 1. The molecule has 3 aliphatic rings.